The minimum absolute atomic E-state index is 0.218. The summed E-state index contributed by atoms with van der Waals surface area (Å²) in [5.74, 6) is 0.356. The van der Waals surface area contributed by atoms with Gasteiger partial charge in [0.05, 0.1) is 19.3 Å². The van der Waals surface area contributed by atoms with Crippen LogP contribution in [0.4, 0.5) is 0 Å². The first-order chi connectivity index (χ1) is 6.79. The van der Waals surface area contributed by atoms with Gasteiger partial charge in [-0.2, -0.15) is 0 Å². The van der Waals surface area contributed by atoms with Crippen molar-refractivity contribution in [1.82, 2.24) is 5.32 Å². The zero-order valence-electron chi connectivity index (χ0n) is 8.29. The molecule has 76 valence electrons. The molecule has 0 amide bonds. The second kappa shape index (κ2) is 3.98. The van der Waals surface area contributed by atoms with Crippen molar-refractivity contribution in [3.8, 4) is 5.75 Å². The van der Waals surface area contributed by atoms with E-state index < -0.39 is 0 Å². The van der Waals surface area contributed by atoms with E-state index in [-0.39, 0.29) is 6.04 Å². The molecule has 0 unspecified atom stereocenters. The molecule has 0 radical (unpaired) electrons. The average molecular weight is 193 g/mol. The summed E-state index contributed by atoms with van der Waals surface area (Å²) < 4.78 is 5.39. The highest BCUT2D eigenvalue weighted by Crippen LogP contribution is 2.25. The van der Waals surface area contributed by atoms with Crippen LogP contribution in [0.2, 0.25) is 0 Å². The van der Waals surface area contributed by atoms with Crippen LogP contribution in [-0.4, -0.2) is 24.9 Å². The largest absolute Gasteiger partial charge is 0.508 e. The van der Waals surface area contributed by atoms with Crippen LogP contribution >= 0.6 is 0 Å². The van der Waals surface area contributed by atoms with Crippen LogP contribution in [0.5, 0.6) is 5.75 Å². The molecule has 2 rings (SSSR count). The number of benzene rings is 1. The van der Waals surface area contributed by atoms with Crippen molar-refractivity contribution < 1.29 is 9.84 Å². The van der Waals surface area contributed by atoms with Gasteiger partial charge >= 0.3 is 0 Å². The van der Waals surface area contributed by atoms with Crippen LogP contribution in [0.15, 0.2) is 18.2 Å². The smallest absolute Gasteiger partial charge is 0.118 e. The van der Waals surface area contributed by atoms with Gasteiger partial charge in [-0.15, -0.1) is 0 Å². The van der Waals surface area contributed by atoms with Gasteiger partial charge in [0.1, 0.15) is 5.75 Å². The van der Waals surface area contributed by atoms with E-state index >= 15 is 0 Å². The second-order valence-corrected chi connectivity index (χ2v) is 3.57. The van der Waals surface area contributed by atoms with Crippen LogP contribution < -0.4 is 5.32 Å². The Labute approximate surface area is 83.7 Å². The molecule has 3 heteroatoms. The van der Waals surface area contributed by atoms with Gasteiger partial charge in [-0.25, -0.2) is 0 Å². The number of nitrogens with one attached hydrogen (secondary N) is 1. The van der Waals surface area contributed by atoms with E-state index in [1.54, 1.807) is 6.07 Å². The Morgan fingerprint density at radius 1 is 1.50 bits per heavy atom. The predicted molar refractivity (Wildman–Crippen MR) is 54.4 cm³/mol. The van der Waals surface area contributed by atoms with E-state index in [1.807, 2.05) is 19.1 Å². The molecule has 1 fully saturated rings. The molecule has 0 spiro atoms. The lowest BCUT2D eigenvalue weighted by atomic mass is 10.0. The van der Waals surface area contributed by atoms with Gasteiger partial charge in [-0.1, -0.05) is 12.1 Å². The molecule has 1 saturated heterocycles. The van der Waals surface area contributed by atoms with Gasteiger partial charge in [-0.05, 0) is 24.1 Å². The fourth-order valence-corrected chi connectivity index (χ4v) is 1.78. The van der Waals surface area contributed by atoms with Crippen LogP contribution in [-0.2, 0) is 4.74 Å². The third-order valence-electron chi connectivity index (χ3n) is 2.64. The summed E-state index contributed by atoms with van der Waals surface area (Å²) in [4.78, 5) is 0. The van der Waals surface area contributed by atoms with E-state index in [0.29, 0.717) is 12.4 Å². The van der Waals surface area contributed by atoms with Crippen LogP contribution in [0, 0.1) is 6.92 Å². The Kier molecular flexibility index (Phi) is 2.70. The Morgan fingerprint density at radius 2 is 2.36 bits per heavy atom. The van der Waals surface area contributed by atoms with Crippen molar-refractivity contribution in [3.63, 3.8) is 0 Å². The van der Waals surface area contributed by atoms with E-state index in [4.69, 9.17) is 4.74 Å². The summed E-state index contributed by atoms with van der Waals surface area (Å²) in [6, 6.07) is 5.83. The zero-order valence-corrected chi connectivity index (χ0v) is 8.29. The minimum Gasteiger partial charge on any atom is -0.508 e. The molecule has 3 nitrogen and oxygen atoms in total. The van der Waals surface area contributed by atoms with Crippen molar-refractivity contribution in [1.29, 1.82) is 0 Å². The Balaban J connectivity index is 2.26. The molecule has 0 bridgehead atoms. The maximum Gasteiger partial charge on any atom is 0.118 e. The van der Waals surface area contributed by atoms with Gasteiger partial charge < -0.3 is 15.2 Å². The molecular weight excluding hydrogens is 178 g/mol. The number of hydrogen-bond acceptors (Lipinski definition) is 3. The first kappa shape index (κ1) is 9.49. The average Bonchev–Trinajstić information content (AvgIpc) is 2.23. The molecule has 1 atom stereocenters. The monoisotopic (exact) mass is 193 g/mol. The van der Waals surface area contributed by atoms with Crippen LogP contribution in [0.1, 0.15) is 17.2 Å². The highest BCUT2D eigenvalue weighted by Gasteiger charge is 2.17. The summed E-state index contributed by atoms with van der Waals surface area (Å²) in [7, 11) is 0. The topological polar surface area (TPSA) is 41.5 Å². The summed E-state index contributed by atoms with van der Waals surface area (Å²) in [5, 5.41) is 12.9. The van der Waals surface area contributed by atoms with Crippen LogP contribution in [0.3, 0.4) is 0 Å². The highest BCUT2D eigenvalue weighted by atomic mass is 16.5. The molecule has 2 N–H and O–H groups in total. The molecule has 1 heterocycles. The standard InChI is InChI=1S/C11H15NO2/c1-8-9(3-2-4-11(8)13)10-7-14-6-5-12-10/h2-4,10,12-13H,5-7H2,1H3/t10-/m0/s1. The first-order valence-corrected chi connectivity index (χ1v) is 4.88. The summed E-state index contributed by atoms with van der Waals surface area (Å²) in [5.41, 5.74) is 2.07. The Hall–Kier alpha value is -1.06. The fraction of sp³-hybridized carbons (Fsp3) is 0.455. The van der Waals surface area contributed by atoms with Gasteiger partial charge in [0.15, 0.2) is 0 Å². The normalized spacial score (nSPS) is 22.2. The number of phenols is 1. The molecular formula is C11H15NO2. The summed E-state index contributed by atoms with van der Waals surface area (Å²) in [6.07, 6.45) is 0. The molecule has 0 aromatic heterocycles. The molecule has 14 heavy (non-hydrogen) atoms. The summed E-state index contributed by atoms with van der Waals surface area (Å²) >= 11 is 0. The fourth-order valence-electron chi connectivity index (χ4n) is 1.78. The van der Waals surface area contributed by atoms with Gasteiger partial charge in [0.25, 0.3) is 0 Å². The van der Waals surface area contributed by atoms with Crippen LogP contribution in [0.25, 0.3) is 0 Å². The third-order valence-corrected chi connectivity index (χ3v) is 2.64. The van der Waals surface area contributed by atoms with Crippen molar-refractivity contribution in [2.75, 3.05) is 19.8 Å². The lowest BCUT2D eigenvalue weighted by Gasteiger charge is -2.25. The number of morpholine rings is 1. The Morgan fingerprint density at radius 3 is 3.07 bits per heavy atom. The maximum absolute atomic E-state index is 9.56. The SMILES string of the molecule is Cc1c(O)cccc1[C@@H]1COCCN1. The lowest BCUT2D eigenvalue weighted by molar-refractivity contribution is 0.0766. The van der Waals surface area contributed by atoms with E-state index in [0.717, 1.165) is 24.3 Å². The predicted octanol–water partition coefficient (Wildman–Crippen LogP) is 1.36. The van der Waals surface area contributed by atoms with E-state index in [9.17, 15) is 5.11 Å². The number of hydrogen-bond donors (Lipinski definition) is 2. The highest BCUT2D eigenvalue weighted by molar-refractivity contribution is 5.39. The molecule has 0 aliphatic carbocycles. The van der Waals surface area contributed by atoms with Crippen molar-refractivity contribution >= 4 is 0 Å². The number of phenolic OH excluding ortho intramolecular Hbond substituents is 1. The summed E-state index contributed by atoms with van der Waals surface area (Å²) in [6.45, 7) is 4.26. The number of ether oxygens (including phenoxy) is 1. The number of rotatable bonds is 1. The second-order valence-electron chi connectivity index (χ2n) is 3.57. The van der Waals surface area contributed by atoms with Gasteiger partial charge in [0, 0.05) is 6.54 Å². The zero-order chi connectivity index (χ0) is 9.97. The molecule has 1 aromatic rings. The number of aromatic hydroxyl groups is 1. The quantitative estimate of drug-likeness (QED) is 0.707. The Bertz CT molecular complexity index is 319. The molecule has 1 aliphatic heterocycles. The maximum atomic E-state index is 9.56. The molecule has 0 saturated carbocycles. The lowest BCUT2D eigenvalue weighted by Crippen LogP contribution is -2.34. The minimum atomic E-state index is 0.218. The third kappa shape index (κ3) is 1.74. The molecule has 1 aromatic carbocycles. The van der Waals surface area contributed by atoms with Crippen molar-refractivity contribution in [3.05, 3.63) is 29.3 Å². The van der Waals surface area contributed by atoms with Crippen molar-refractivity contribution in [2.45, 2.75) is 13.0 Å². The van der Waals surface area contributed by atoms with E-state index in [2.05, 4.69) is 5.32 Å². The van der Waals surface area contributed by atoms with Gasteiger partial charge in [0.2, 0.25) is 0 Å². The van der Waals surface area contributed by atoms with Gasteiger partial charge in [-0.3, -0.25) is 0 Å². The molecule has 1 aliphatic rings. The van der Waals surface area contributed by atoms with Crippen molar-refractivity contribution in [2.24, 2.45) is 0 Å². The van der Waals surface area contributed by atoms with E-state index in [1.165, 1.54) is 0 Å². The first-order valence-electron chi connectivity index (χ1n) is 4.88.